The molecule has 10 aromatic carbocycles. The molecule has 0 unspecified atom stereocenters. The number of hydrogen-bond acceptors (Lipinski definition) is 2. The molecule has 0 aliphatic rings. The quantitative estimate of drug-likeness (QED) is 0.164. The summed E-state index contributed by atoms with van der Waals surface area (Å²) in [6, 6.07) is 80.0. The van der Waals surface area contributed by atoms with Crippen LogP contribution in [0.1, 0.15) is 0 Å². The summed E-state index contributed by atoms with van der Waals surface area (Å²) < 4.78 is 5.07. The molecule has 2 heterocycles. The molecule has 0 spiro atoms. The van der Waals surface area contributed by atoms with Crippen LogP contribution >= 0.6 is 11.3 Å². The highest BCUT2D eigenvalue weighted by Crippen LogP contribution is 2.46. The van der Waals surface area contributed by atoms with Crippen molar-refractivity contribution >= 4 is 91.9 Å². The Bertz CT molecular complexity index is 3470. The molecule has 0 aliphatic heterocycles. The van der Waals surface area contributed by atoms with Crippen LogP contribution in [0.2, 0.25) is 0 Å². The largest absolute Gasteiger partial charge is 0.309 e. The fraction of sp³-hybridized carbons (Fsp3) is 0. The molecule has 0 saturated carbocycles. The van der Waals surface area contributed by atoms with Gasteiger partial charge in [-0.15, -0.1) is 11.3 Å². The van der Waals surface area contributed by atoms with Gasteiger partial charge in [-0.2, -0.15) is 0 Å². The van der Waals surface area contributed by atoms with Gasteiger partial charge in [-0.25, -0.2) is 0 Å². The Hall–Kier alpha value is -7.46. The minimum Gasteiger partial charge on any atom is -0.309 e. The van der Waals surface area contributed by atoms with Crippen molar-refractivity contribution in [2.75, 3.05) is 4.90 Å². The van der Waals surface area contributed by atoms with Crippen molar-refractivity contribution in [3.63, 3.8) is 0 Å². The first-order valence-electron chi connectivity index (χ1n) is 20.2. The zero-order chi connectivity index (χ0) is 38.9. The molecule has 276 valence electrons. The van der Waals surface area contributed by atoms with Gasteiger partial charge in [0.15, 0.2) is 0 Å². The maximum atomic E-state index is 2.48. The van der Waals surface area contributed by atoms with E-state index in [0.29, 0.717) is 0 Å². The van der Waals surface area contributed by atoms with Gasteiger partial charge in [0.2, 0.25) is 0 Å². The van der Waals surface area contributed by atoms with Gasteiger partial charge < -0.3 is 9.47 Å². The van der Waals surface area contributed by atoms with Gasteiger partial charge in [-0.3, -0.25) is 0 Å². The fourth-order valence-corrected chi connectivity index (χ4v) is 10.4. The van der Waals surface area contributed by atoms with Crippen molar-refractivity contribution in [1.29, 1.82) is 0 Å². The van der Waals surface area contributed by atoms with Crippen molar-refractivity contribution in [2.24, 2.45) is 0 Å². The lowest BCUT2D eigenvalue weighted by Crippen LogP contribution is -2.11. The maximum Gasteiger partial charge on any atom is 0.0547 e. The number of aromatic nitrogens is 1. The first-order chi connectivity index (χ1) is 29.3. The predicted octanol–water partition coefficient (Wildman–Crippen LogP) is 16.3. The summed E-state index contributed by atoms with van der Waals surface area (Å²) in [6.07, 6.45) is 0. The second-order valence-corrected chi connectivity index (χ2v) is 16.3. The molecule has 0 amide bonds. The van der Waals surface area contributed by atoms with E-state index in [4.69, 9.17) is 0 Å². The number of thiophene rings is 1. The zero-order valence-corrected chi connectivity index (χ0v) is 32.9. The molecule has 3 heteroatoms. The van der Waals surface area contributed by atoms with Gasteiger partial charge in [-0.05, 0) is 82.1 Å². The van der Waals surface area contributed by atoms with Crippen LogP contribution in [0, 0.1) is 0 Å². The van der Waals surface area contributed by atoms with Gasteiger partial charge in [0.05, 0.1) is 22.4 Å². The second-order valence-electron chi connectivity index (χ2n) is 15.3. The van der Waals surface area contributed by atoms with Gasteiger partial charge in [0.1, 0.15) is 0 Å². The summed E-state index contributed by atoms with van der Waals surface area (Å²) in [5.41, 5.74) is 11.8. The molecular formula is C56H36N2S. The molecule has 0 aliphatic carbocycles. The van der Waals surface area contributed by atoms with Gasteiger partial charge in [0.25, 0.3) is 0 Å². The smallest absolute Gasteiger partial charge is 0.0547 e. The highest BCUT2D eigenvalue weighted by molar-refractivity contribution is 7.26. The number of hydrogen-bond donors (Lipinski definition) is 0. The van der Waals surface area contributed by atoms with Crippen LogP contribution in [0.4, 0.5) is 17.1 Å². The lowest BCUT2D eigenvalue weighted by atomic mass is 10.00. The normalized spacial score (nSPS) is 11.7. The third-order valence-corrected chi connectivity index (χ3v) is 13.2. The van der Waals surface area contributed by atoms with Crippen LogP contribution in [0.3, 0.4) is 0 Å². The first kappa shape index (κ1) is 33.7. The third kappa shape index (κ3) is 5.47. The molecule has 0 radical (unpaired) electrons. The van der Waals surface area contributed by atoms with E-state index in [1.807, 2.05) is 11.3 Å². The Kier molecular flexibility index (Phi) is 7.75. The molecule has 0 bridgehead atoms. The summed E-state index contributed by atoms with van der Waals surface area (Å²) in [5, 5.41) is 9.94. The SMILES string of the molecule is c1ccc(-c2ccc3c4ccccc4n(-c4cc(-c5ccc(N(c6cccc7ccccc67)c6cccc7ccccc67)cc5)c5sc6ccccc6c5c4)c3c2)cc1. The Morgan fingerprint density at radius 2 is 0.932 bits per heavy atom. The minimum absolute atomic E-state index is 1.11. The zero-order valence-electron chi connectivity index (χ0n) is 32.1. The number of para-hydroxylation sites is 1. The first-order valence-corrected chi connectivity index (χ1v) is 21.0. The predicted molar refractivity (Wildman–Crippen MR) is 254 cm³/mol. The Balaban J connectivity index is 1.08. The Morgan fingerprint density at radius 1 is 0.356 bits per heavy atom. The molecular weight excluding hydrogens is 733 g/mol. The van der Waals surface area contributed by atoms with Crippen LogP contribution in [0.5, 0.6) is 0 Å². The molecule has 0 fully saturated rings. The standard InChI is InChI=1S/C56H36N2S/c1-2-14-37(15-3-1)41-30-33-47-46-22-8-10-24-53(46)58(54(47)34-41)43-35-49(56-50(36-43)48-23-9-11-27-55(48)59-56)40-28-31-42(32-29-40)57(51-25-12-18-38-16-4-6-20-44(38)51)52-26-13-19-39-17-5-7-21-45(39)52/h1-36H. The van der Waals surface area contributed by atoms with Gasteiger partial charge in [0, 0.05) is 58.7 Å². The number of fused-ring (bicyclic) bond motifs is 8. The molecule has 59 heavy (non-hydrogen) atoms. The Morgan fingerprint density at radius 3 is 1.66 bits per heavy atom. The summed E-state index contributed by atoms with van der Waals surface area (Å²) in [4.78, 5) is 2.43. The van der Waals surface area contributed by atoms with E-state index in [1.165, 1.54) is 85.8 Å². The molecule has 0 N–H and O–H groups in total. The van der Waals surface area contributed by atoms with Crippen molar-refractivity contribution in [1.82, 2.24) is 4.57 Å². The topological polar surface area (TPSA) is 8.17 Å². The average molecular weight is 769 g/mol. The number of rotatable bonds is 6. The number of benzene rings is 10. The summed E-state index contributed by atoms with van der Waals surface area (Å²) in [7, 11) is 0. The minimum atomic E-state index is 1.11. The van der Waals surface area contributed by atoms with Crippen molar-refractivity contribution < 1.29 is 0 Å². The monoisotopic (exact) mass is 768 g/mol. The van der Waals surface area contributed by atoms with Crippen LogP contribution in [-0.4, -0.2) is 4.57 Å². The van der Waals surface area contributed by atoms with Gasteiger partial charge in [-0.1, -0.05) is 164 Å². The summed E-state index contributed by atoms with van der Waals surface area (Å²) in [5.74, 6) is 0. The summed E-state index contributed by atoms with van der Waals surface area (Å²) in [6.45, 7) is 0. The highest BCUT2D eigenvalue weighted by Gasteiger charge is 2.20. The lowest BCUT2D eigenvalue weighted by molar-refractivity contribution is 1.19. The van der Waals surface area contributed by atoms with E-state index in [1.54, 1.807) is 0 Å². The van der Waals surface area contributed by atoms with Crippen molar-refractivity contribution in [3.8, 4) is 27.9 Å². The van der Waals surface area contributed by atoms with Crippen molar-refractivity contribution in [3.05, 3.63) is 218 Å². The average Bonchev–Trinajstić information content (AvgIpc) is 3.85. The van der Waals surface area contributed by atoms with Gasteiger partial charge >= 0.3 is 0 Å². The Labute approximate surface area is 346 Å². The molecule has 0 atom stereocenters. The third-order valence-electron chi connectivity index (χ3n) is 12.0. The number of nitrogens with zero attached hydrogens (tertiary/aromatic N) is 2. The van der Waals surface area contributed by atoms with E-state index >= 15 is 0 Å². The molecule has 12 aromatic rings. The van der Waals surface area contributed by atoms with Crippen LogP contribution < -0.4 is 4.90 Å². The van der Waals surface area contributed by atoms with E-state index in [9.17, 15) is 0 Å². The van der Waals surface area contributed by atoms with E-state index in [2.05, 4.69) is 228 Å². The highest BCUT2D eigenvalue weighted by atomic mass is 32.1. The fourth-order valence-electron chi connectivity index (χ4n) is 9.22. The van der Waals surface area contributed by atoms with Crippen LogP contribution in [-0.2, 0) is 0 Å². The maximum absolute atomic E-state index is 2.48. The van der Waals surface area contributed by atoms with Crippen LogP contribution in [0.25, 0.3) is 91.5 Å². The molecule has 2 nitrogen and oxygen atoms in total. The van der Waals surface area contributed by atoms with Crippen molar-refractivity contribution in [2.45, 2.75) is 0 Å². The summed E-state index contributed by atoms with van der Waals surface area (Å²) >= 11 is 1.88. The molecule has 12 rings (SSSR count). The van der Waals surface area contributed by atoms with E-state index < -0.39 is 0 Å². The molecule has 2 aromatic heterocycles. The van der Waals surface area contributed by atoms with E-state index in [-0.39, 0.29) is 0 Å². The second kappa shape index (κ2) is 13.6. The van der Waals surface area contributed by atoms with Crippen LogP contribution in [0.15, 0.2) is 218 Å². The number of anilines is 3. The molecule has 0 saturated heterocycles. The van der Waals surface area contributed by atoms with E-state index in [0.717, 1.165) is 22.7 Å². The lowest BCUT2D eigenvalue weighted by Gasteiger charge is -2.28.